The van der Waals surface area contributed by atoms with Crippen LogP contribution in [0.15, 0.2) is 12.2 Å². The summed E-state index contributed by atoms with van der Waals surface area (Å²) in [5.74, 6) is 0. The van der Waals surface area contributed by atoms with E-state index in [0.717, 1.165) is 37.8 Å². The highest BCUT2D eigenvalue weighted by atomic mass is 16.5. The fourth-order valence-electron chi connectivity index (χ4n) is 1.33. The van der Waals surface area contributed by atoms with Crippen molar-refractivity contribution in [1.82, 2.24) is 0 Å². The Morgan fingerprint density at radius 1 is 1.33 bits per heavy atom. The highest BCUT2D eigenvalue weighted by molar-refractivity contribution is 4.88. The molecular formula is C12H26N2O. The predicted octanol–water partition coefficient (Wildman–Crippen LogP) is 1.81. The van der Waals surface area contributed by atoms with Crippen LogP contribution >= 0.6 is 0 Å². The van der Waals surface area contributed by atoms with Gasteiger partial charge < -0.3 is 16.2 Å². The molecule has 3 heteroatoms. The van der Waals surface area contributed by atoms with Crippen LogP contribution in [0.4, 0.5) is 0 Å². The van der Waals surface area contributed by atoms with Gasteiger partial charge in [-0.2, -0.15) is 0 Å². The summed E-state index contributed by atoms with van der Waals surface area (Å²) < 4.78 is 5.57. The molecule has 15 heavy (non-hydrogen) atoms. The lowest BCUT2D eigenvalue weighted by molar-refractivity contribution is 0.0615. The minimum absolute atomic E-state index is 0.111. The van der Waals surface area contributed by atoms with Crippen molar-refractivity contribution < 1.29 is 4.74 Å². The maximum Gasteiger partial charge on any atom is 0.0702 e. The first kappa shape index (κ1) is 14.6. The van der Waals surface area contributed by atoms with Gasteiger partial charge >= 0.3 is 0 Å². The van der Waals surface area contributed by atoms with Gasteiger partial charge in [-0.3, -0.25) is 0 Å². The summed E-state index contributed by atoms with van der Waals surface area (Å²) in [4.78, 5) is 0. The third-order valence-corrected chi connectivity index (χ3v) is 2.44. The fraction of sp³-hybridized carbons (Fsp3) is 0.833. The SMILES string of the molecule is C=C(C)COC(C)C(N)CCCCCN. The summed E-state index contributed by atoms with van der Waals surface area (Å²) in [5, 5.41) is 0. The summed E-state index contributed by atoms with van der Waals surface area (Å²) in [6.45, 7) is 9.16. The number of unbranched alkanes of at least 4 members (excludes halogenated alkanes) is 2. The first-order chi connectivity index (χ1) is 7.07. The Kier molecular flexibility index (Phi) is 8.67. The Hall–Kier alpha value is -0.380. The van der Waals surface area contributed by atoms with Crippen molar-refractivity contribution in [2.45, 2.75) is 51.7 Å². The Morgan fingerprint density at radius 2 is 2.00 bits per heavy atom. The monoisotopic (exact) mass is 214 g/mol. The molecular weight excluding hydrogens is 188 g/mol. The Morgan fingerprint density at radius 3 is 2.53 bits per heavy atom. The molecule has 0 rings (SSSR count). The second-order valence-electron chi connectivity index (χ2n) is 4.28. The molecule has 4 N–H and O–H groups in total. The number of hydrogen-bond donors (Lipinski definition) is 2. The van der Waals surface area contributed by atoms with E-state index < -0.39 is 0 Å². The largest absolute Gasteiger partial charge is 0.373 e. The van der Waals surface area contributed by atoms with E-state index in [-0.39, 0.29) is 12.1 Å². The number of ether oxygens (including phenoxy) is 1. The van der Waals surface area contributed by atoms with Crippen LogP contribution in [0.2, 0.25) is 0 Å². The molecule has 0 bridgehead atoms. The molecule has 90 valence electrons. The first-order valence-electron chi connectivity index (χ1n) is 5.79. The smallest absolute Gasteiger partial charge is 0.0702 e. The molecule has 0 aromatic carbocycles. The summed E-state index contributed by atoms with van der Waals surface area (Å²) in [5.41, 5.74) is 12.5. The van der Waals surface area contributed by atoms with E-state index in [0.29, 0.717) is 6.61 Å². The molecule has 0 radical (unpaired) electrons. The van der Waals surface area contributed by atoms with E-state index >= 15 is 0 Å². The molecule has 0 saturated heterocycles. The van der Waals surface area contributed by atoms with Crippen molar-refractivity contribution in [1.29, 1.82) is 0 Å². The zero-order chi connectivity index (χ0) is 11.7. The van der Waals surface area contributed by atoms with E-state index in [1.54, 1.807) is 0 Å². The van der Waals surface area contributed by atoms with Gasteiger partial charge in [0.15, 0.2) is 0 Å². The second kappa shape index (κ2) is 8.89. The van der Waals surface area contributed by atoms with Crippen LogP contribution in [0.5, 0.6) is 0 Å². The molecule has 0 spiro atoms. The Bertz CT molecular complexity index is 171. The van der Waals surface area contributed by atoms with Crippen molar-refractivity contribution in [2.24, 2.45) is 11.5 Å². The highest BCUT2D eigenvalue weighted by Gasteiger charge is 2.12. The minimum atomic E-state index is 0.111. The number of hydrogen-bond acceptors (Lipinski definition) is 3. The van der Waals surface area contributed by atoms with Gasteiger partial charge in [-0.25, -0.2) is 0 Å². The lowest BCUT2D eigenvalue weighted by Gasteiger charge is -2.20. The summed E-state index contributed by atoms with van der Waals surface area (Å²) >= 11 is 0. The van der Waals surface area contributed by atoms with Gasteiger partial charge in [0.2, 0.25) is 0 Å². The van der Waals surface area contributed by atoms with Crippen molar-refractivity contribution in [3.63, 3.8) is 0 Å². The average molecular weight is 214 g/mol. The molecule has 0 heterocycles. The second-order valence-corrected chi connectivity index (χ2v) is 4.28. The number of rotatable bonds is 9. The van der Waals surface area contributed by atoms with Gasteiger partial charge in [0.1, 0.15) is 0 Å². The van der Waals surface area contributed by atoms with Crippen LogP contribution in [0.1, 0.15) is 39.5 Å². The molecule has 0 aromatic rings. The molecule has 0 aliphatic carbocycles. The van der Waals surface area contributed by atoms with Crippen LogP contribution in [-0.4, -0.2) is 25.3 Å². The normalized spacial score (nSPS) is 14.9. The zero-order valence-corrected chi connectivity index (χ0v) is 10.2. The quantitative estimate of drug-likeness (QED) is 0.454. The van der Waals surface area contributed by atoms with Gasteiger partial charge in [0.05, 0.1) is 12.7 Å². The van der Waals surface area contributed by atoms with Gasteiger partial charge in [-0.05, 0) is 33.2 Å². The average Bonchev–Trinajstić information content (AvgIpc) is 2.20. The maximum atomic E-state index is 6.00. The minimum Gasteiger partial charge on any atom is -0.373 e. The molecule has 2 atom stereocenters. The van der Waals surface area contributed by atoms with Crippen molar-refractivity contribution in [2.75, 3.05) is 13.2 Å². The fourth-order valence-corrected chi connectivity index (χ4v) is 1.33. The maximum absolute atomic E-state index is 6.00. The van der Waals surface area contributed by atoms with E-state index in [9.17, 15) is 0 Å². The molecule has 0 amide bonds. The molecule has 0 aromatic heterocycles. The van der Waals surface area contributed by atoms with Crippen LogP contribution in [0, 0.1) is 0 Å². The third kappa shape index (κ3) is 8.60. The molecule has 0 fully saturated rings. The van der Waals surface area contributed by atoms with E-state index in [1.165, 1.54) is 0 Å². The van der Waals surface area contributed by atoms with Crippen LogP contribution in [-0.2, 0) is 4.74 Å². The van der Waals surface area contributed by atoms with Gasteiger partial charge in [0, 0.05) is 6.04 Å². The summed E-state index contributed by atoms with van der Waals surface area (Å²) in [6.07, 6.45) is 4.52. The highest BCUT2D eigenvalue weighted by Crippen LogP contribution is 2.07. The number of nitrogens with two attached hydrogens (primary N) is 2. The van der Waals surface area contributed by atoms with E-state index in [2.05, 4.69) is 6.58 Å². The predicted molar refractivity (Wildman–Crippen MR) is 65.7 cm³/mol. The third-order valence-electron chi connectivity index (χ3n) is 2.44. The topological polar surface area (TPSA) is 61.3 Å². The molecule has 0 aliphatic heterocycles. The van der Waals surface area contributed by atoms with Gasteiger partial charge in [0.25, 0.3) is 0 Å². The van der Waals surface area contributed by atoms with Gasteiger partial charge in [-0.1, -0.05) is 25.0 Å². The molecule has 0 aliphatic rings. The van der Waals surface area contributed by atoms with Crippen LogP contribution in [0.25, 0.3) is 0 Å². The van der Waals surface area contributed by atoms with E-state index in [1.807, 2.05) is 13.8 Å². The van der Waals surface area contributed by atoms with Crippen molar-refractivity contribution in [3.05, 3.63) is 12.2 Å². The van der Waals surface area contributed by atoms with Crippen LogP contribution < -0.4 is 11.5 Å². The molecule has 3 nitrogen and oxygen atoms in total. The Labute approximate surface area is 93.9 Å². The lowest BCUT2D eigenvalue weighted by Crippen LogP contribution is -2.34. The zero-order valence-electron chi connectivity index (χ0n) is 10.2. The van der Waals surface area contributed by atoms with Crippen molar-refractivity contribution >= 4 is 0 Å². The van der Waals surface area contributed by atoms with Crippen molar-refractivity contribution in [3.8, 4) is 0 Å². The summed E-state index contributed by atoms with van der Waals surface area (Å²) in [6, 6.07) is 0.127. The van der Waals surface area contributed by atoms with E-state index in [4.69, 9.17) is 16.2 Å². The molecule has 2 unspecified atom stereocenters. The van der Waals surface area contributed by atoms with Gasteiger partial charge in [-0.15, -0.1) is 0 Å². The first-order valence-corrected chi connectivity index (χ1v) is 5.79. The standard InChI is InChI=1S/C12H26N2O/c1-10(2)9-15-11(3)12(14)7-5-4-6-8-13/h11-12H,1,4-9,13-14H2,2-3H3. The van der Waals surface area contributed by atoms with Crippen LogP contribution in [0.3, 0.4) is 0 Å². The molecule has 0 saturated carbocycles. The summed E-state index contributed by atoms with van der Waals surface area (Å²) in [7, 11) is 0. The Balaban J connectivity index is 3.50. The lowest BCUT2D eigenvalue weighted by atomic mass is 10.0.